The lowest BCUT2D eigenvalue weighted by Gasteiger charge is -2.22. The van der Waals surface area contributed by atoms with Gasteiger partial charge in [0, 0.05) is 18.0 Å². The van der Waals surface area contributed by atoms with Gasteiger partial charge >= 0.3 is 0 Å². The number of carbonyl (C=O) groups is 1. The fraction of sp³-hybridized carbons (Fsp3) is 0.263. The predicted molar refractivity (Wildman–Crippen MR) is 90.6 cm³/mol. The summed E-state index contributed by atoms with van der Waals surface area (Å²) in [6.45, 7) is 0.326. The van der Waals surface area contributed by atoms with Gasteiger partial charge < -0.3 is 14.4 Å². The third kappa shape index (κ3) is 2.67. The number of pyridine rings is 1. The highest BCUT2D eigenvalue weighted by molar-refractivity contribution is 6.07. The standard InChI is InChI=1S/C19H18N2O3/c22-10-9-21(13-7-8-13)19(23)15-12-17(18-6-3-11-24-18)20-16-5-2-1-4-14(15)16/h1-6,11-13,22H,7-10H2. The average molecular weight is 322 g/mol. The van der Waals surface area contributed by atoms with Crippen molar-refractivity contribution in [3.63, 3.8) is 0 Å². The van der Waals surface area contributed by atoms with Gasteiger partial charge in [-0.3, -0.25) is 4.79 Å². The van der Waals surface area contributed by atoms with Crippen LogP contribution in [-0.2, 0) is 0 Å². The van der Waals surface area contributed by atoms with Gasteiger partial charge in [-0.1, -0.05) is 18.2 Å². The van der Waals surface area contributed by atoms with Gasteiger partial charge in [0.15, 0.2) is 5.76 Å². The Morgan fingerprint density at radius 3 is 2.79 bits per heavy atom. The fourth-order valence-electron chi connectivity index (χ4n) is 3.00. The lowest BCUT2D eigenvalue weighted by Crippen LogP contribution is -2.35. The Labute approximate surface area is 139 Å². The molecule has 1 fully saturated rings. The number of hydrogen-bond acceptors (Lipinski definition) is 4. The van der Waals surface area contributed by atoms with Crippen molar-refractivity contribution in [1.82, 2.24) is 9.88 Å². The number of furan rings is 1. The van der Waals surface area contributed by atoms with Crippen LogP contribution in [0.25, 0.3) is 22.4 Å². The number of aliphatic hydroxyl groups excluding tert-OH is 1. The molecule has 1 aliphatic carbocycles. The second kappa shape index (κ2) is 6.09. The van der Waals surface area contributed by atoms with Crippen molar-refractivity contribution in [2.75, 3.05) is 13.2 Å². The molecule has 24 heavy (non-hydrogen) atoms. The molecule has 2 aromatic heterocycles. The van der Waals surface area contributed by atoms with Crippen molar-refractivity contribution in [3.05, 3.63) is 54.3 Å². The second-order valence-electron chi connectivity index (χ2n) is 6.00. The van der Waals surface area contributed by atoms with Crippen LogP contribution in [0.3, 0.4) is 0 Å². The first-order chi connectivity index (χ1) is 11.8. The summed E-state index contributed by atoms with van der Waals surface area (Å²) < 4.78 is 5.44. The summed E-state index contributed by atoms with van der Waals surface area (Å²) in [5.41, 5.74) is 2.00. The smallest absolute Gasteiger partial charge is 0.254 e. The van der Waals surface area contributed by atoms with E-state index in [0.717, 1.165) is 23.7 Å². The van der Waals surface area contributed by atoms with Crippen LogP contribution in [0, 0.1) is 0 Å². The Bertz CT molecular complexity index is 869. The zero-order valence-electron chi connectivity index (χ0n) is 13.2. The van der Waals surface area contributed by atoms with Crippen molar-refractivity contribution >= 4 is 16.8 Å². The molecule has 1 aliphatic rings. The Morgan fingerprint density at radius 1 is 1.25 bits per heavy atom. The molecule has 0 aliphatic heterocycles. The summed E-state index contributed by atoms with van der Waals surface area (Å²) in [5.74, 6) is 0.577. The van der Waals surface area contributed by atoms with E-state index in [1.54, 1.807) is 23.3 Å². The Hall–Kier alpha value is -2.66. The maximum Gasteiger partial charge on any atom is 0.254 e. The third-order valence-corrected chi connectivity index (χ3v) is 4.31. The molecule has 0 atom stereocenters. The number of amides is 1. The van der Waals surface area contributed by atoms with Crippen molar-refractivity contribution in [2.45, 2.75) is 18.9 Å². The van der Waals surface area contributed by atoms with E-state index >= 15 is 0 Å². The van der Waals surface area contributed by atoms with E-state index in [1.807, 2.05) is 30.3 Å². The lowest BCUT2D eigenvalue weighted by atomic mass is 10.1. The predicted octanol–water partition coefficient (Wildman–Crippen LogP) is 3.09. The maximum absolute atomic E-state index is 13.1. The molecule has 1 aromatic carbocycles. The number of carbonyl (C=O) groups excluding carboxylic acids is 1. The van der Waals surface area contributed by atoms with E-state index in [2.05, 4.69) is 4.98 Å². The van der Waals surface area contributed by atoms with Gasteiger partial charge in [-0.15, -0.1) is 0 Å². The van der Waals surface area contributed by atoms with E-state index in [9.17, 15) is 9.90 Å². The quantitative estimate of drug-likeness (QED) is 0.784. The molecule has 5 nitrogen and oxygen atoms in total. The topological polar surface area (TPSA) is 66.6 Å². The van der Waals surface area contributed by atoms with Gasteiger partial charge in [-0.2, -0.15) is 0 Å². The monoisotopic (exact) mass is 322 g/mol. The van der Waals surface area contributed by atoms with Crippen LogP contribution in [0.4, 0.5) is 0 Å². The van der Waals surface area contributed by atoms with Crippen LogP contribution in [0.15, 0.2) is 53.1 Å². The summed E-state index contributed by atoms with van der Waals surface area (Å²) >= 11 is 0. The fourth-order valence-corrected chi connectivity index (χ4v) is 3.00. The molecule has 1 amide bonds. The number of rotatable bonds is 5. The number of fused-ring (bicyclic) bond motifs is 1. The number of nitrogens with zero attached hydrogens (tertiary/aromatic N) is 2. The van der Waals surface area contributed by atoms with E-state index in [1.165, 1.54) is 0 Å². The minimum atomic E-state index is -0.0574. The van der Waals surface area contributed by atoms with Crippen molar-refractivity contribution in [1.29, 1.82) is 0 Å². The SMILES string of the molecule is O=C(c1cc(-c2ccco2)nc2ccccc12)N(CCO)C1CC1. The molecule has 4 rings (SSSR count). The first-order valence-electron chi connectivity index (χ1n) is 8.13. The average Bonchev–Trinajstić information content (AvgIpc) is 3.30. The zero-order chi connectivity index (χ0) is 16.5. The molecule has 3 aromatic rings. The second-order valence-corrected chi connectivity index (χ2v) is 6.00. The number of para-hydroxylation sites is 1. The molecule has 2 heterocycles. The maximum atomic E-state index is 13.1. The molecular weight excluding hydrogens is 304 g/mol. The molecule has 0 bridgehead atoms. The molecule has 122 valence electrons. The van der Waals surface area contributed by atoms with Gasteiger partial charge in [0.05, 0.1) is 24.0 Å². The number of benzene rings is 1. The molecule has 0 saturated heterocycles. The highest BCUT2D eigenvalue weighted by Gasteiger charge is 2.33. The minimum Gasteiger partial charge on any atom is -0.463 e. The van der Waals surface area contributed by atoms with Gasteiger partial charge in [-0.05, 0) is 37.1 Å². The molecule has 0 radical (unpaired) electrons. The van der Waals surface area contributed by atoms with Crippen molar-refractivity contribution in [3.8, 4) is 11.5 Å². The van der Waals surface area contributed by atoms with E-state index < -0.39 is 0 Å². The summed E-state index contributed by atoms with van der Waals surface area (Å²) in [7, 11) is 0. The summed E-state index contributed by atoms with van der Waals surface area (Å²) in [5, 5.41) is 10.1. The molecule has 5 heteroatoms. The Morgan fingerprint density at radius 2 is 2.08 bits per heavy atom. The number of hydrogen-bond donors (Lipinski definition) is 1. The van der Waals surface area contributed by atoms with Gasteiger partial charge in [-0.25, -0.2) is 4.98 Å². The molecule has 1 N–H and O–H groups in total. The van der Waals surface area contributed by atoms with Crippen LogP contribution in [0.5, 0.6) is 0 Å². The summed E-state index contributed by atoms with van der Waals surface area (Å²) in [6.07, 6.45) is 3.59. The number of aromatic nitrogens is 1. The van der Waals surface area contributed by atoms with Gasteiger partial charge in [0.25, 0.3) is 5.91 Å². The van der Waals surface area contributed by atoms with Crippen LogP contribution in [0.1, 0.15) is 23.2 Å². The highest BCUT2D eigenvalue weighted by atomic mass is 16.3. The van der Waals surface area contributed by atoms with Crippen LogP contribution < -0.4 is 0 Å². The van der Waals surface area contributed by atoms with E-state index in [0.29, 0.717) is 23.6 Å². The van der Waals surface area contributed by atoms with E-state index in [-0.39, 0.29) is 18.6 Å². The van der Waals surface area contributed by atoms with Crippen LogP contribution >= 0.6 is 0 Å². The van der Waals surface area contributed by atoms with Crippen molar-refractivity contribution < 1.29 is 14.3 Å². The number of aliphatic hydroxyl groups is 1. The zero-order valence-corrected chi connectivity index (χ0v) is 13.2. The molecular formula is C19H18N2O3. The first kappa shape index (κ1) is 14.9. The van der Waals surface area contributed by atoms with Crippen LogP contribution in [0.2, 0.25) is 0 Å². The summed E-state index contributed by atoms with van der Waals surface area (Å²) in [4.78, 5) is 19.5. The Balaban J connectivity index is 1.84. The normalized spacial score (nSPS) is 14.0. The first-order valence-corrected chi connectivity index (χ1v) is 8.13. The molecule has 1 saturated carbocycles. The minimum absolute atomic E-state index is 0.0315. The van der Waals surface area contributed by atoms with Crippen molar-refractivity contribution in [2.24, 2.45) is 0 Å². The summed E-state index contributed by atoms with van der Waals surface area (Å²) in [6, 6.07) is 13.3. The Kier molecular flexibility index (Phi) is 3.78. The third-order valence-electron chi connectivity index (χ3n) is 4.31. The van der Waals surface area contributed by atoms with Crippen LogP contribution in [-0.4, -0.2) is 40.1 Å². The van der Waals surface area contributed by atoms with Gasteiger partial charge in [0.1, 0.15) is 5.69 Å². The van der Waals surface area contributed by atoms with E-state index in [4.69, 9.17) is 4.42 Å². The van der Waals surface area contributed by atoms with Gasteiger partial charge in [0.2, 0.25) is 0 Å². The lowest BCUT2D eigenvalue weighted by molar-refractivity contribution is 0.0709. The molecule has 0 spiro atoms. The highest BCUT2D eigenvalue weighted by Crippen LogP contribution is 2.31. The molecule has 0 unspecified atom stereocenters. The largest absolute Gasteiger partial charge is 0.463 e.